The summed E-state index contributed by atoms with van der Waals surface area (Å²) in [5.41, 5.74) is 6.97. The van der Waals surface area contributed by atoms with Gasteiger partial charge in [-0.15, -0.1) is 17.5 Å². The standard InChI is InChI=1S/C14H17FN4O.ClH/c1-9(16)6-14(20)17-13-7-10(2)19(18-13)12-5-3-4-11(15)8-12;/h3-5,7-9H,6,16H2,1-2H3,(H,17,18,20);1H. The number of aromatic nitrogens is 2. The molecule has 1 aromatic heterocycles. The Morgan fingerprint density at radius 3 is 2.81 bits per heavy atom. The van der Waals surface area contributed by atoms with E-state index in [1.54, 1.807) is 29.8 Å². The first-order valence-corrected chi connectivity index (χ1v) is 6.34. The van der Waals surface area contributed by atoms with Crippen molar-refractivity contribution in [1.82, 2.24) is 9.78 Å². The molecular formula is C14H18ClFN4O. The van der Waals surface area contributed by atoms with E-state index in [-0.39, 0.29) is 36.6 Å². The summed E-state index contributed by atoms with van der Waals surface area (Å²) in [4.78, 5) is 11.6. The number of hydrogen-bond donors (Lipinski definition) is 2. The third-order valence-corrected chi connectivity index (χ3v) is 2.72. The van der Waals surface area contributed by atoms with Gasteiger partial charge in [-0.05, 0) is 32.0 Å². The Morgan fingerprint density at radius 2 is 2.19 bits per heavy atom. The van der Waals surface area contributed by atoms with Crippen LogP contribution in [-0.2, 0) is 4.79 Å². The van der Waals surface area contributed by atoms with E-state index >= 15 is 0 Å². The average molecular weight is 313 g/mol. The zero-order chi connectivity index (χ0) is 14.7. The molecule has 1 unspecified atom stereocenters. The number of hydrogen-bond acceptors (Lipinski definition) is 3. The number of rotatable bonds is 4. The second-order valence-electron chi connectivity index (χ2n) is 4.79. The molecule has 0 aliphatic rings. The summed E-state index contributed by atoms with van der Waals surface area (Å²) >= 11 is 0. The summed E-state index contributed by atoms with van der Waals surface area (Å²) in [7, 11) is 0. The first kappa shape index (κ1) is 17.1. The number of aryl methyl sites for hydroxylation is 1. The van der Waals surface area contributed by atoms with Crippen LogP contribution in [0.4, 0.5) is 10.2 Å². The molecule has 7 heteroatoms. The third-order valence-electron chi connectivity index (χ3n) is 2.72. The Balaban J connectivity index is 0.00000220. The lowest BCUT2D eigenvalue weighted by molar-refractivity contribution is -0.116. The van der Waals surface area contributed by atoms with Gasteiger partial charge in [0.2, 0.25) is 5.91 Å². The first-order chi connectivity index (χ1) is 9.45. The SMILES string of the molecule is Cc1cc(NC(=O)CC(C)N)nn1-c1cccc(F)c1.Cl. The number of nitrogens with one attached hydrogen (secondary N) is 1. The fourth-order valence-corrected chi connectivity index (χ4v) is 1.89. The van der Waals surface area contributed by atoms with Gasteiger partial charge in [0.05, 0.1) is 5.69 Å². The molecule has 114 valence electrons. The van der Waals surface area contributed by atoms with E-state index in [0.29, 0.717) is 11.5 Å². The Bertz CT molecular complexity index is 627. The maximum Gasteiger partial charge on any atom is 0.227 e. The maximum atomic E-state index is 13.2. The number of halogens is 2. The molecule has 0 saturated heterocycles. The van der Waals surface area contributed by atoms with Crippen molar-refractivity contribution in [2.45, 2.75) is 26.3 Å². The highest BCUT2D eigenvalue weighted by Crippen LogP contribution is 2.16. The Kier molecular flexibility index (Phi) is 5.87. The molecule has 1 amide bonds. The predicted molar refractivity (Wildman–Crippen MR) is 82.4 cm³/mol. The van der Waals surface area contributed by atoms with Crippen LogP contribution in [0.15, 0.2) is 30.3 Å². The summed E-state index contributed by atoms with van der Waals surface area (Å²) in [6, 6.07) is 7.63. The lowest BCUT2D eigenvalue weighted by Crippen LogP contribution is -2.24. The molecule has 3 N–H and O–H groups in total. The van der Waals surface area contributed by atoms with Crippen LogP contribution >= 0.6 is 12.4 Å². The second-order valence-corrected chi connectivity index (χ2v) is 4.79. The van der Waals surface area contributed by atoms with Crippen molar-refractivity contribution in [1.29, 1.82) is 0 Å². The number of benzene rings is 1. The summed E-state index contributed by atoms with van der Waals surface area (Å²) in [5, 5.41) is 6.92. The summed E-state index contributed by atoms with van der Waals surface area (Å²) in [6.45, 7) is 3.59. The van der Waals surface area contributed by atoms with Crippen molar-refractivity contribution >= 4 is 24.1 Å². The van der Waals surface area contributed by atoms with Gasteiger partial charge in [-0.2, -0.15) is 0 Å². The molecule has 1 aromatic carbocycles. The lowest BCUT2D eigenvalue weighted by atomic mass is 10.2. The van der Waals surface area contributed by atoms with Crippen molar-refractivity contribution in [2.75, 3.05) is 5.32 Å². The molecule has 0 saturated carbocycles. The minimum absolute atomic E-state index is 0. The Morgan fingerprint density at radius 1 is 1.48 bits per heavy atom. The van der Waals surface area contributed by atoms with Crippen molar-refractivity contribution < 1.29 is 9.18 Å². The molecule has 2 rings (SSSR count). The minimum atomic E-state index is -0.333. The molecule has 0 aliphatic carbocycles. The average Bonchev–Trinajstić information content (AvgIpc) is 2.68. The minimum Gasteiger partial charge on any atom is -0.327 e. The molecule has 0 spiro atoms. The van der Waals surface area contributed by atoms with Crippen LogP contribution in [0.1, 0.15) is 19.0 Å². The van der Waals surface area contributed by atoms with Gasteiger partial charge in [0.15, 0.2) is 5.82 Å². The molecule has 0 fully saturated rings. The summed E-state index contributed by atoms with van der Waals surface area (Å²) < 4.78 is 14.8. The third kappa shape index (κ3) is 4.54. The van der Waals surface area contributed by atoms with Crippen LogP contribution in [0.3, 0.4) is 0 Å². The molecular weight excluding hydrogens is 295 g/mol. The van der Waals surface area contributed by atoms with Gasteiger partial charge in [-0.25, -0.2) is 9.07 Å². The fourth-order valence-electron chi connectivity index (χ4n) is 1.89. The van der Waals surface area contributed by atoms with Crippen molar-refractivity contribution in [3.63, 3.8) is 0 Å². The number of nitrogens with zero attached hydrogens (tertiary/aromatic N) is 2. The van der Waals surface area contributed by atoms with Crippen molar-refractivity contribution in [3.05, 3.63) is 41.8 Å². The van der Waals surface area contributed by atoms with Crippen LogP contribution in [0.25, 0.3) is 5.69 Å². The number of carbonyl (C=O) groups is 1. The van der Waals surface area contributed by atoms with E-state index < -0.39 is 0 Å². The number of carbonyl (C=O) groups excluding carboxylic acids is 1. The monoisotopic (exact) mass is 312 g/mol. The van der Waals surface area contributed by atoms with Gasteiger partial charge in [0, 0.05) is 24.2 Å². The Labute approximate surface area is 128 Å². The van der Waals surface area contributed by atoms with E-state index in [1.807, 2.05) is 6.92 Å². The van der Waals surface area contributed by atoms with Gasteiger partial charge in [0.25, 0.3) is 0 Å². The van der Waals surface area contributed by atoms with E-state index in [2.05, 4.69) is 10.4 Å². The number of anilines is 1. The van der Waals surface area contributed by atoms with Gasteiger partial charge < -0.3 is 11.1 Å². The smallest absolute Gasteiger partial charge is 0.227 e. The topological polar surface area (TPSA) is 72.9 Å². The molecule has 1 heterocycles. The largest absolute Gasteiger partial charge is 0.327 e. The molecule has 0 aliphatic heterocycles. The van der Waals surface area contributed by atoms with E-state index in [0.717, 1.165) is 5.69 Å². The fraction of sp³-hybridized carbons (Fsp3) is 0.286. The zero-order valence-corrected chi connectivity index (χ0v) is 12.7. The van der Waals surface area contributed by atoms with E-state index in [4.69, 9.17) is 5.73 Å². The quantitative estimate of drug-likeness (QED) is 0.910. The molecule has 0 bridgehead atoms. The van der Waals surface area contributed by atoms with Gasteiger partial charge in [-0.3, -0.25) is 4.79 Å². The summed E-state index contributed by atoms with van der Waals surface area (Å²) in [6.07, 6.45) is 0.228. The molecule has 0 radical (unpaired) electrons. The predicted octanol–water partition coefficient (Wildman–Crippen LogP) is 2.42. The number of amides is 1. The molecule has 5 nitrogen and oxygen atoms in total. The van der Waals surface area contributed by atoms with E-state index in [9.17, 15) is 9.18 Å². The highest BCUT2D eigenvalue weighted by molar-refractivity contribution is 5.90. The van der Waals surface area contributed by atoms with Crippen LogP contribution in [0.2, 0.25) is 0 Å². The molecule has 2 aromatic rings. The van der Waals surface area contributed by atoms with Crippen LogP contribution in [0, 0.1) is 12.7 Å². The Hall–Kier alpha value is -1.92. The highest BCUT2D eigenvalue weighted by atomic mass is 35.5. The van der Waals surface area contributed by atoms with Crippen molar-refractivity contribution in [2.24, 2.45) is 5.73 Å². The highest BCUT2D eigenvalue weighted by Gasteiger charge is 2.10. The van der Waals surface area contributed by atoms with Crippen LogP contribution in [-0.4, -0.2) is 21.7 Å². The zero-order valence-electron chi connectivity index (χ0n) is 11.8. The van der Waals surface area contributed by atoms with Crippen LogP contribution in [0.5, 0.6) is 0 Å². The second kappa shape index (κ2) is 7.19. The molecule has 1 atom stereocenters. The first-order valence-electron chi connectivity index (χ1n) is 6.34. The van der Waals surface area contributed by atoms with Crippen LogP contribution < -0.4 is 11.1 Å². The van der Waals surface area contributed by atoms with Gasteiger partial charge in [-0.1, -0.05) is 6.07 Å². The lowest BCUT2D eigenvalue weighted by Gasteiger charge is -2.05. The summed E-state index contributed by atoms with van der Waals surface area (Å²) in [5.74, 6) is -0.0961. The normalized spacial score (nSPS) is 11.6. The van der Waals surface area contributed by atoms with Crippen molar-refractivity contribution in [3.8, 4) is 5.69 Å². The number of nitrogens with two attached hydrogens (primary N) is 1. The van der Waals surface area contributed by atoms with Gasteiger partial charge in [0.1, 0.15) is 5.82 Å². The van der Waals surface area contributed by atoms with Gasteiger partial charge >= 0.3 is 0 Å². The molecule has 21 heavy (non-hydrogen) atoms. The maximum absolute atomic E-state index is 13.2. The van der Waals surface area contributed by atoms with E-state index in [1.165, 1.54) is 12.1 Å².